The highest BCUT2D eigenvalue weighted by Crippen LogP contribution is 2.51. The van der Waals surface area contributed by atoms with Crippen molar-refractivity contribution in [2.45, 2.75) is 27.7 Å². The van der Waals surface area contributed by atoms with Crippen LogP contribution in [0, 0.1) is 27.7 Å². The van der Waals surface area contributed by atoms with Gasteiger partial charge in [-0.1, -0.05) is 231 Å². The molecule has 17 rings (SSSR count). The van der Waals surface area contributed by atoms with E-state index in [9.17, 15) is 0 Å². The molecule has 2 nitrogen and oxygen atoms in total. The Morgan fingerprint density at radius 3 is 0.845 bits per heavy atom. The van der Waals surface area contributed by atoms with Crippen LogP contribution in [-0.4, -0.2) is 9.13 Å². The fraction of sp³-hybridized carbons (Fsp3) is 0.0488. The van der Waals surface area contributed by atoms with Gasteiger partial charge in [-0.2, -0.15) is 0 Å². The van der Waals surface area contributed by atoms with Gasteiger partial charge in [-0.25, -0.2) is 0 Å². The second-order valence-corrected chi connectivity index (χ2v) is 23.2. The quantitative estimate of drug-likeness (QED) is 0.147. The highest BCUT2D eigenvalue weighted by molar-refractivity contribution is 6.28. The molecule has 0 unspecified atom stereocenters. The van der Waals surface area contributed by atoms with Gasteiger partial charge in [0, 0.05) is 43.7 Å². The molecular formula is C82H56N2. The van der Waals surface area contributed by atoms with Crippen molar-refractivity contribution in [3.05, 3.63) is 289 Å². The Morgan fingerprint density at radius 1 is 0.202 bits per heavy atom. The van der Waals surface area contributed by atoms with Crippen LogP contribution in [0.1, 0.15) is 22.5 Å². The third-order valence-corrected chi connectivity index (χ3v) is 18.8. The van der Waals surface area contributed by atoms with E-state index in [0.29, 0.717) is 0 Å². The molecule has 0 aliphatic rings. The normalized spacial score (nSPS) is 12.0. The fourth-order valence-corrected chi connectivity index (χ4v) is 14.8. The molecule has 2 heterocycles. The van der Waals surface area contributed by atoms with E-state index in [1.54, 1.807) is 0 Å². The Kier molecular flexibility index (Phi) is 10.6. The first-order valence-corrected chi connectivity index (χ1v) is 29.4. The molecule has 394 valence electrons. The molecule has 2 aromatic heterocycles. The van der Waals surface area contributed by atoms with E-state index in [2.05, 4.69) is 304 Å². The van der Waals surface area contributed by atoms with Crippen LogP contribution < -0.4 is 0 Å². The molecule has 0 N–H and O–H groups in total. The number of hydrogen-bond donors (Lipinski definition) is 0. The Hall–Kier alpha value is -10.5. The molecule has 2 heteroatoms. The maximum absolute atomic E-state index is 2.60. The molecule has 0 fully saturated rings. The van der Waals surface area contributed by atoms with Gasteiger partial charge in [0.15, 0.2) is 0 Å². The summed E-state index contributed by atoms with van der Waals surface area (Å²) in [6.45, 7) is 9.33. The van der Waals surface area contributed by atoms with Crippen molar-refractivity contribution in [2.24, 2.45) is 0 Å². The maximum Gasteiger partial charge on any atom is 0.0615 e. The Labute approximate surface area is 487 Å². The van der Waals surface area contributed by atoms with Crippen LogP contribution in [0.4, 0.5) is 0 Å². The topological polar surface area (TPSA) is 9.86 Å². The summed E-state index contributed by atoms with van der Waals surface area (Å²) in [6.07, 6.45) is 0. The molecule has 15 aromatic carbocycles. The van der Waals surface area contributed by atoms with Crippen LogP contribution in [0.5, 0.6) is 0 Å². The predicted octanol–water partition coefficient (Wildman–Crippen LogP) is 22.7. The Balaban J connectivity index is 1.05. The summed E-state index contributed by atoms with van der Waals surface area (Å²) in [7, 11) is 0. The number of aryl methyl sites for hydroxylation is 2. The van der Waals surface area contributed by atoms with Crippen molar-refractivity contribution in [3.8, 4) is 55.9 Å². The molecule has 17 aromatic rings. The molecular weight excluding hydrogens is 1010 g/mol. The van der Waals surface area contributed by atoms with Crippen LogP contribution in [0.25, 0.3) is 164 Å². The third-order valence-electron chi connectivity index (χ3n) is 18.8. The second kappa shape index (κ2) is 18.5. The largest absolute Gasteiger partial charge is 0.312 e. The fourth-order valence-electron chi connectivity index (χ4n) is 14.8. The lowest BCUT2D eigenvalue weighted by Gasteiger charge is -2.22. The van der Waals surface area contributed by atoms with Crippen LogP contribution in [0.2, 0.25) is 0 Å². The summed E-state index contributed by atoms with van der Waals surface area (Å²) < 4.78 is 5.20. The summed E-state index contributed by atoms with van der Waals surface area (Å²) >= 11 is 0. The maximum atomic E-state index is 2.60. The van der Waals surface area contributed by atoms with Gasteiger partial charge in [-0.05, 0) is 184 Å². The average molecular weight is 1070 g/mol. The first kappa shape index (κ1) is 48.2. The van der Waals surface area contributed by atoms with E-state index < -0.39 is 0 Å². The van der Waals surface area contributed by atoms with Gasteiger partial charge in [0.25, 0.3) is 0 Å². The molecule has 0 amide bonds. The minimum atomic E-state index is 1.20. The molecule has 0 spiro atoms. The van der Waals surface area contributed by atoms with Crippen LogP contribution in [0.3, 0.4) is 0 Å². The minimum Gasteiger partial charge on any atom is -0.312 e. The van der Waals surface area contributed by atoms with Crippen molar-refractivity contribution >= 4 is 108 Å². The van der Waals surface area contributed by atoms with Crippen LogP contribution >= 0.6 is 0 Å². The summed E-state index contributed by atoms with van der Waals surface area (Å²) in [5.41, 5.74) is 19.7. The van der Waals surface area contributed by atoms with E-state index in [4.69, 9.17) is 0 Å². The lowest BCUT2D eigenvalue weighted by atomic mass is 9.84. The third kappa shape index (κ3) is 6.98. The SMILES string of the molecule is Cc1c(C)n(-c2c3ccccc3c(-c3ccccc3)c3ccccc23)c2cc3c(-c4ccc5ccccc5c4)c4cc5c(C)c(C)n(-c6c7ccccc7c(-c7ccccc7)c7ccccc67)c5cc4c(-c4ccc5ccccc5c4)c3cc12. The van der Waals surface area contributed by atoms with Crippen molar-refractivity contribution < 1.29 is 0 Å². The highest BCUT2D eigenvalue weighted by Gasteiger charge is 2.27. The lowest BCUT2D eigenvalue weighted by molar-refractivity contribution is 1.06. The van der Waals surface area contributed by atoms with E-state index in [1.165, 1.54) is 186 Å². The van der Waals surface area contributed by atoms with Gasteiger partial charge in [0.1, 0.15) is 0 Å². The summed E-state index contributed by atoms with van der Waals surface area (Å²) in [5, 5.41) is 22.2. The lowest BCUT2D eigenvalue weighted by Crippen LogP contribution is -2.02. The number of aromatic nitrogens is 2. The zero-order valence-corrected chi connectivity index (χ0v) is 47.3. The zero-order chi connectivity index (χ0) is 55.9. The van der Waals surface area contributed by atoms with Crippen molar-refractivity contribution in [2.75, 3.05) is 0 Å². The molecule has 0 radical (unpaired) electrons. The molecule has 0 saturated heterocycles. The van der Waals surface area contributed by atoms with Crippen LogP contribution in [-0.2, 0) is 0 Å². The number of hydrogen-bond acceptors (Lipinski definition) is 0. The number of benzene rings is 15. The standard InChI is InChI=1S/C82H56N2/c1-49-51(3)83(81-65-35-19-15-31-61(65)77(55-25-7-5-8-26-55)62-32-16-20-36-66(62)81)75-47-73-71(45-69(49)75)79(59-41-39-53-23-11-13-29-57(53)43-59)74-48-76-70(46-72(74)80(73)60-42-40-54-24-12-14-30-58(54)44-60)50(2)52(4)84(76)82-67-37-21-17-33-63(67)78(56-27-9-6-10-28-56)64-34-18-22-38-68(64)82/h5-48H,1-4H3. The van der Waals surface area contributed by atoms with E-state index in [0.717, 1.165) is 0 Å². The Bertz CT molecular complexity index is 5170. The summed E-state index contributed by atoms with van der Waals surface area (Å²) in [5.74, 6) is 0. The van der Waals surface area contributed by atoms with Gasteiger partial charge < -0.3 is 9.13 Å². The summed E-state index contributed by atoms with van der Waals surface area (Å²) in [4.78, 5) is 0. The van der Waals surface area contributed by atoms with E-state index in [-0.39, 0.29) is 0 Å². The molecule has 0 saturated carbocycles. The van der Waals surface area contributed by atoms with E-state index >= 15 is 0 Å². The second-order valence-electron chi connectivity index (χ2n) is 23.2. The van der Waals surface area contributed by atoms with E-state index in [1.807, 2.05) is 0 Å². The van der Waals surface area contributed by atoms with Crippen molar-refractivity contribution in [1.29, 1.82) is 0 Å². The van der Waals surface area contributed by atoms with Gasteiger partial charge in [-0.15, -0.1) is 0 Å². The minimum absolute atomic E-state index is 1.20. The van der Waals surface area contributed by atoms with Gasteiger partial charge in [0.05, 0.1) is 22.4 Å². The zero-order valence-electron chi connectivity index (χ0n) is 47.3. The van der Waals surface area contributed by atoms with Gasteiger partial charge >= 0.3 is 0 Å². The number of nitrogens with zero attached hydrogens (tertiary/aromatic N) is 2. The monoisotopic (exact) mass is 1070 g/mol. The van der Waals surface area contributed by atoms with Gasteiger partial charge in [-0.3, -0.25) is 0 Å². The number of fused-ring (bicyclic) bond motifs is 10. The molecule has 0 aliphatic heterocycles. The summed E-state index contributed by atoms with van der Waals surface area (Å²) in [6, 6.07) is 100. The highest BCUT2D eigenvalue weighted by atomic mass is 15.0. The van der Waals surface area contributed by atoms with Gasteiger partial charge in [0.2, 0.25) is 0 Å². The molecule has 0 bridgehead atoms. The van der Waals surface area contributed by atoms with Crippen LogP contribution in [0.15, 0.2) is 267 Å². The first-order valence-electron chi connectivity index (χ1n) is 29.4. The molecule has 84 heavy (non-hydrogen) atoms. The molecule has 0 aliphatic carbocycles. The Morgan fingerprint density at radius 2 is 0.488 bits per heavy atom. The average Bonchev–Trinajstić information content (AvgIpc) is 2.13. The number of rotatable bonds is 6. The van der Waals surface area contributed by atoms with Crippen molar-refractivity contribution in [1.82, 2.24) is 9.13 Å². The molecule has 0 atom stereocenters. The first-order chi connectivity index (χ1) is 41.4. The predicted molar refractivity (Wildman–Crippen MR) is 361 cm³/mol. The van der Waals surface area contributed by atoms with Crippen molar-refractivity contribution in [3.63, 3.8) is 0 Å². The smallest absolute Gasteiger partial charge is 0.0615 e.